The molecule has 0 saturated heterocycles. The summed E-state index contributed by atoms with van der Waals surface area (Å²) in [7, 11) is 0. The SMILES string of the molecule is C=C(C)[C@@H](CC=C(C)C)Cc1c(O)c(CCC(C)(C)O)c(O)c2c1O[C@H](c1ccc(O)cc1O)[C@@H](O)C2=O. The number of ketones is 1. The Labute approximate surface area is 223 Å². The number of fused-ring (bicyclic) bond motifs is 1. The first kappa shape index (κ1) is 29.1. The molecule has 206 valence electrons. The summed E-state index contributed by atoms with van der Waals surface area (Å²) in [6, 6.07) is 3.69. The zero-order chi connectivity index (χ0) is 28.5. The van der Waals surface area contributed by atoms with Gasteiger partial charge in [-0.15, -0.1) is 0 Å². The van der Waals surface area contributed by atoms with Gasteiger partial charge in [0.05, 0.1) is 5.60 Å². The first-order valence-electron chi connectivity index (χ1n) is 12.6. The lowest BCUT2D eigenvalue weighted by atomic mass is 9.83. The van der Waals surface area contributed by atoms with Crippen LogP contribution in [0.2, 0.25) is 0 Å². The van der Waals surface area contributed by atoms with E-state index in [4.69, 9.17) is 4.74 Å². The number of allylic oxidation sites excluding steroid dienone is 3. The van der Waals surface area contributed by atoms with E-state index in [9.17, 15) is 35.4 Å². The fraction of sp³-hybridized carbons (Fsp3) is 0.433. The van der Waals surface area contributed by atoms with E-state index < -0.39 is 29.3 Å². The zero-order valence-corrected chi connectivity index (χ0v) is 22.6. The number of ether oxygens (including phenoxy) is 1. The van der Waals surface area contributed by atoms with Crippen molar-refractivity contribution in [3.63, 3.8) is 0 Å². The van der Waals surface area contributed by atoms with Crippen molar-refractivity contribution in [3.05, 3.63) is 64.3 Å². The molecule has 2 aromatic carbocycles. The Bertz CT molecular complexity index is 1260. The molecule has 0 unspecified atom stereocenters. The topological polar surface area (TPSA) is 148 Å². The van der Waals surface area contributed by atoms with E-state index in [2.05, 4.69) is 6.58 Å². The van der Waals surface area contributed by atoms with E-state index in [1.54, 1.807) is 13.8 Å². The Morgan fingerprint density at radius 3 is 2.32 bits per heavy atom. The summed E-state index contributed by atoms with van der Waals surface area (Å²) in [6.07, 6.45) is 0.0212. The van der Waals surface area contributed by atoms with Gasteiger partial charge in [0, 0.05) is 22.8 Å². The Balaban J connectivity index is 2.23. The molecule has 8 nitrogen and oxygen atoms in total. The van der Waals surface area contributed by atoms with Gasteiger partial charge in [-0.05, 0) is 78.4 Å². The van der Waals surface area contributed by atoms with E-state index in [-0.39, 0.29) is 70.4 Å². The molecule has 8 heteroatoms. The van der Waals surface area contributed by atoms with Gasteiger partial charge in [-0.3, -0.25) is 4.79 Å². The van der Waals surface area contributed by atoms with Gasteiger partial charge in [0.2, 0.25) is 5.78 Å². The van der Waals surface area contributed by atoms with Crippen LogP contribution >= 0.6 is 0 Å². The summed E-state index contributed by atoms with van der Waals surface area (Å²) < 4.78 is 6.09. The van der Waals surface area contributed by atoms with Crippen molar-refractivity contribution in [1.82, 2.24) is 0 Å². The lowest BCUT2D eigenvalue weighted by molar-refractivity contribution is 0.0197. The van der Waals surface area contributed by atoms with Gasteiger partial charge >= 0.3 is 0 Å². The summed E-state index contributed by atoms with van der Waals surface area (Å²) in [4.78, 5) is 13.5. The fourth-order valence-electron chi connectivity index (χ4n) is 4.59. The molecule has 1 aliphatic rings. The van der Waals surface area contributed by atoms with Crippen LogP contribution in [0.4, 0.5) is 0 Å². The Morgan fingerprint density at radius 1 is 1.11 bits per heavy atom. The first-order chi connectivity index (χ1) is 17.6. The van der Waals surface area contributed by atoms with Crippen LogP contribution in [0.25, 0.3) is 0 Å². The normalized spacial score (nSPS) is 17.9. The van der Waals surface area contributed by atoms with Crippen molar-refractivity contribution in [2.75, 3.05) is 0 Å². The van der Waals surface area contributed by atoms with Crippen LogP contribution in [-0.2, 0) is 12.8 Å². The highest BCUT2D eigenvalue weighted by Gasteiger charge is 2.43. The molecule has 0 bridgehead atoms. The Morgan fingerprint density at radius 2 is 1.76 bits per heavy atom. The summed E-state index contributed by atoms with van der Waals surface area (Å²) in [5, 5.41) is 63.8. The zero-order valence-electron chi connectivity index (χ0n) is 22.6. The van der Waals surface area contributed by atoms with Gasteiger partial charge in [0.1, 0.15) is 34.3 Å². The number of carbonyl (C=O) groups excluding carboxylic acids is 1. The van der Waals surface area contributed by atoms with Crippen LogP contribution in [0.1, 0.15) is 80.6 Å². The number of phenols is 4. The largest absolute Gasteiger partial charge is 0.508 e. The van der Waals surface area contributed by atoms with E-state index >= 15 is 0 Å². The van der Waals surface area contributed by atoms with Crippen molar-refractivity contribution >= 4 is 5.78 Å². The molecule has 3 atom stereocenters. The summed E-state index contributed by atoms with van der Waals surface area (Å²) >= 11 is 0. The third-order valence-electron chi connectivity index (χ3n) is 6.91. The minimum Gasteiger partial charge on any atom is -0.508 e. The Kier molecular flexibility index (Phi) is 8.48. The smallest absolute Gasteiger partial charge is 0.202 e. The molecule has 3 rings (SSSR count). The average Bonchev–Trinajstić information content (AvgIpc) is 2.79. The lowest BCUT2D eigenvalue weighted by Gasteiger charge is -2.34. The highest BCUT2D eigenvalue weighted by atomic mass is 16.5. The van der Waals surface area contributed by atoms with Crippen LogP contribution in [0.3, 0.4) is 0 Å². The molecular formula is C30H38O8. The van der Waals surface area contributed by atoms with Crippen LogP contribution in [0, 0.1) is 5.92 Å². The first-order valence-corrected chi connectivity index (χ1v) is 12.6. The number of rotatable bonds is 9. The number of carbonyl (C=O) groups is 1. The van der Waals surface area contributed by atoms with Gasteiger partial charge in [0.25, 0.3) is 0 Å². The molecular weight excluding hydrogens is 488 g/mol. The number of phenolic OH excluding ortho intramolecular Hbond substituents is 4. The van der Waals surface area contributed by atoms with Crippen LogP contribution < -0.4 is 4.74 Å². The molecule has 0 spiro atoms. The van der Waals surface area contributed by atoms with Crippen molar-refractivity contribution in [1.29, 1.82) is 0 Å². The van der Waals surface area contributed by atoms with Gasteiger partial charge < -0.3 is 35.4 Å². The van der Waals surface area contributed by atoms with Crippen molar-refractivity contribution in [2.45, 2.75) is 78.1 Å². The predicted molar refractivity (Wildman–Crippen MR) is 144 cm³/mol. The second-order valence-electron chi connectivity index (χ2n) is 11.0. The molecule has 0 radical (unpaired) electrons. The number of aromatic hydroxyl groups is 4. The second kappa shape index (κ2) is 11.1. The lowest BCUT2D eigenvalue weighted by Crippen LogP contribution is -2.37. The number of aliphatic hydroxyl groups is 2. The minimum absolute atomic E-state index is 0.0614. The van der Waals surface area contributed by atoms with Gasteiger partial charge in [-0.2, -0.15) is 0 Å². The monoisotopic (exact) mass is 526 g/mol. The average molecular weight is 527 g/mol. The van der Waals surface area contributed by atoms with E-state index in [0.29, 0.717) is 6.42 Å². The number of benzene rings is 2. The molecule has 0 amide bonds. The van der Waals surface area contributed by atoms with Crippen molar-refractivity contribution < 1.29 is 40.2 Å². The third-order valence-corrected chi connectivity index (χ3v) is 6.91. The molecule has 0 saturated carbocycles. The molecule has 0 aliphatic carbocycles. The van der Waals surface area contributed by atoms with Crippen molar-refractivity contribution in [2.24, 2.45) is 5.92 Å². The molecule has 6 N–H and O–H groups in total. The maximum Gasteiger partial charge on any atom is 0.202 e. The van der Waals surface area contributed by atoms with Gasteiger partial charge in [-0.25, -0.2) is 0 Å². The highest BCUT2D eigenvalue weighted by Crippen LogP contribution is 2.50. The van der Waals surface area contributed by atoms with Gasteiger partial charge in [-0.1, -0.05) is 23.8 Å². The predicted octanol–water partition coefficient (Wildman–Crippen LogP) is 4.98. The van der Waals surface area contributed by atoms with E-state index in [1.807, 2.05) is 26.8 Å². The molecule has 38 heavy (non-hydrogen) atoms. The quantitative estimate of drug-likeness (QED) is 0.251. The second-order valence-corrected chi connectivity index (χ2v) is 11.0. The fourth-order valence-corrected chi connectivity index (χ4v) is 4.59. The van der Waals surface area contributed by atoms with Crippen LogP contribution in [0.15, 0.2) is 42.0 Å². The van der Waals surface area contributed by atoms with E-state index in [1.165, 1.54) is 12.1 Å². The summed E-state index contributed by atoms with van der Waals surface area (Å²) in [6.45, 7) is 13.1. The van der Waals surface area contributed by atoms with Gasteiger partial charge in [0.15, 0.2) is 12.2 Å². The molecule has 0 aromatic heterocycles. The Hall–Kier alpha value is -3.49. The highest BCUT2D eigenvalue weighted by molar-refractivity contribution is 6.06. The molecule has 1 aliphatic heterocycles. The third kappa shape index (κ3) is 6.14. The number of hydrogen-bond acceptors (Lipinski definition) is 8. The van der Waals surface area contributed by atoms with Crippen molar-refractivity contribution in [3.8, 4) is 28.7 Å². The number of aliphatic hydroxyl groups excluding tert-OH is 1. The molecule has 0 fully saturated rings. The maximum atomic E-state index is 13.5. The number of Topliss-reactive ketones (excluding diaryl/α,β-unsaturated/α-hetero) is 1. The van der Waals surface area contributed by atoms with Crippen LogP contribution in [-0.4, -0.2) is 48.1 Å². The minimum atomic E-state index is -1.77. The summed E-state index contributed by atoms with van der Waals surface area (Å²) in [5.41, 5.74) is 1.01. The maximum absolute atomic E-state index is 13.5. The summed E-state index contributed by atoms with van der Waals surface area (Å²) in [5.74, 6) is -2.42. The molecule has 1 heterocycles. The van der Waals surface area contributed by atoms with E-state index in [0.717, 1.165) is 17.2 Å². The number of hydrogen-bond donors (Lipinski definition) is 6. The molecule has 2 aromatic rings. The standard InChI is InChI=1S/C30H38O8/c1-15(2)7-8-17(16(3)4)13-21-24(33)20(11-12-30(5,6)37)25(34)23-26(35)27(36)29(38-28(21)23)19-10-9-18(31)14-22(19)32/h7,9-10,14,17,27,29,31-34,36-37H,3,8,11-13H2,1-2,4-6H3/t17-,27-,29+/m0/s1. The van der Waals surface area contributed by atoms with Crippen LogP contribution in [0.5, 0.6) is 28.7 Å².